The van der Waals surface area contributed by atoms with Crippen molar-refractivity contribution in [2.24, 2.45) is 0 Å². The fourth-order valence-electron chi connectivity index (χ4n) is 1.25. The molecule has 0 aliphatic carbocycles. The molecule has 5 nitrogen and oxygen atoms in total. The van der Waals surface area contributed by atoms with E-state index < -0.39 is 17.5 Å². The van der Waals surface area contributed by atoms with Crippen molar-refractivity contribution < 1.29 is 18.4 Å². The molecule has 1 aromatic rings. The SMILES string of the molecule is CNC(=O)CCNC(=O)c1cc(N)c(F)cc1F. The first-order chi connectivity index (χ1) is 8.45. The molecule has 0 saturated carbocycles. The predicted molar refractivity (Wildman–Crippen MR) is 61.8 cm³/mol. The van der Waals surface area contributed by atoms with E-state index in [4.69, 9.17) is 5.73 Å². The normalized spacial score (nSPS) is 9.94. The number of hydrogen-bond acceptors (Lipinski definition) is 3. The van der Waals surface area contributed by atoms with E-state index in [2.05, 4.69) is 10.6 Å². The van der Waals surface area contributed by atoms with E-state index in [1.807, 2.05) is 0 Å². The monoisotopic (exact) mass is 257 g/mol. The Morgan fingerprint density at radius 3 is 2.56 bits per heavy atom. The van der Waals surface area contributed by atoms with E-state index in [1.165, 1.54) is 7.05 Å². The van der Waals surface area contributed by atoms with Crippen molar-refractivity contribution in [3.8, 4) is 0 Å². The summed E-state index contributed by atoms with van der Waals surface area (Å²) in [5, 5.41) is 4.71. The first kappa shape index (κ1) is 13.9. The maximum atomic E-state index is 13.3. The number of benzene rings is 1. The number of nitrogens with two attached hydrogens (primary N) is 1. The Labute approximate surface area is 102 Å². The standard InChI is InChI=1S/C11H13F2N3O2/c1-15-10(17)2-3-16-11(18)6-4-9(14)8(13)5-7(6)12/h4-5H,2-3,14H2,1H3,(H,15,17)(H,16,18). The molecular weight excluding hydrogens is 244 g/mol. The summed E-state index contributed by atoms with van der Waals surface area (Å²) in [4.78, 5) is 22.4. The number of amides is 2. The summed E-state index contributed by atoms with van der Waals surface area (Å²) in [6.45, 7) is 0.0508. The number of nitrogens with one attached hydrogen (secondary N) is 2. The van der Waals surface area contributed by atoms with Gasteiger partial charge in [0.15, 0.2) is 0 Å². The molecule has 0 atom stereocenters. The molecule has 0 spiro atoms. The number of carbonyl (C=O) groups is 2. The van der Waals surface area contributed by atoms with Crippen molar-refractivity contribution in [2.45, 2.75) is 6.42 Å². The highest BCUT2D eigenvalue weighted by molar-refractivity contribution is 5.95. The van der Waals surface area contributed by atoms with Gasteiger partial charge >= 0.3 is 0 Å². The van der Waals surface area contributed by atoms with Crippen LogP contribution in [0.5, 0.6) is 0 Å². The van der Waals surface area contributed by atoms with Crippen LogP contribution in [-0.4, -0.2) is 25.4 Å². The molecule has 1 aromatic carbocycles. The summed E-state index contributed by atoms with van der Waals surface area (Å²) < 4.78 is 26.2. The molecule has 4 N–H and O–H groups in total. The van der Waals surface area contributed by atoms with E-state index in [9.17, 15) is 18.4 Å². The molecule has 2 amide bonds. The third-order valence-electron chi connectivity index (χ3n) is 2.25. The van der Waals surface area contributed by atoms with Crippen molar-refractivity contribution >= 4 is 17.5 Å². The highest BCUT2D eigenvalue weighted by atomic mass is 19.1. The number of hydrogen-bond donors (Lipinski definition) is 3. The van der Waals surface area contributed by atoms with Gasteiger partial charge in [-0.2, -0.15) is 0 Å². The quantitative estimate of drug-likeness (QED) is 0.683. The van der Waals surface area contributed by atoms with Crippen LogP contribution in [0, 0.1) is 11.6 Å². The lowest BCUT2D eigenvalue weighted by atomic mass is 10.1. The molecular formula is C11H13F2N3O2. The average Bonchev–Trinajstić information content (AvgIpc) is 2.33. The summed E-state index contributed by atoms with van der Waals surface area (Å²) in [6, 6.07) is 1.46. The molecule has 0 saturated heterocycles. The van der Waals surface area contributed by atoms with Gasteiger partial charge in [0.1, 0.15) is 11.6 Å². The molecule has 7 heteroatoms. The van der Waals surface area contributed by atoms with Gasteiger partial charge in [0, 0.05) is 26.1 Å². The largest absolute Gasteiger partial charge is 0.396 e. The minimum Gasteiger partial charge on any atom is -0.396 e. The fourth-order valence-corrected chi connectivity index (χ4v) is 1.25. The van der Waals surface area contributed by atoms with Crippen molar-refractivity contribution in [2.75, 3.05) is 19.3 Å². The van der Waals surface area contributed by atoms with E-state index >= 15 is 0 Å². The number of nitrogen functional groups attached to an aromatic ring is 1. The zero-order chi connectivity index (χ0) is 13.7. The molecule has 0 aliphatic rings. The van der Waals surface area contributed by atoms with Crippen LogP contribution in [0.2, 0.25) is 0 Å². The molecule has 0 heterocycles. The molecule has 18 heavy (non-hydrogen) atoms. The van der Waals surface area contributed by atoms with Crippen LogP contribution >= 0.6 is 0 Å². The second kappa shape index (κ2) is 5.95. The molecule has 0 aromatic heterocycles. The number of anilines is 1. The zero-order valence-corrected chi connectivity index (χ0v) is 9.72. The second-order valence-corrected chi connectivity index (χ2v) is 3.53. The molecule has 0 bridgehead atoms. The minimum absolute atomic E-state index is 0.0508. The van der Waals surface area contributed by atoms with E-state index in [-0.39, 0.29) is 30.1 Å². The Bertz CT molecular complexity index is 478. The Morgan fingerprint density at radius 2 is 1.94 bits per heavy atom. The first-order valence-corrected chi connectivity index (χ1v) is 5.19. The highest BCUT2D eigenvalue weighted by Gasteiger charge is 2.14. The van der Waals surface area contributed by atoms with Crippen molar-refractivity contribution in [3.05, 3.63) is 29.3 Å². The van der Waals surface area contributed by atoms with Crippen LogP contribution in [0.3, 0.4) is 0 Å². The summed E-state index contributed by atoms with van der Waals surface area (Å²) in [6.07, 6.45) is 0.0700. The number of halogens is 2. The summed E-state index contributed by atoms with van der Waals surface area (Å²) in [7, 11) is 1.46. The Balaban J connectivity index is 2.67. The smallest absolute Gasteiger partial charge is 0.254 e. The summed E-state index contributed by atoms with van der Waals surface area (Å²) in [5.74, 6) is -2.92. The number of rotatable bonds is 4. The van der Waals surface area contributed by atoms with Crippen LogP contribution in [0.4, 0.5) is 14.5 Å². The van der Waals surface area contributed by atoms with Gasteiger partial charge in [-0.15, -0.1) is 0 Å². The van der Waals surface area contributed by atoms with Crippen LogP contribution in [0.15, 0.2) is 12.1 Å². The third-order valence-corrected chi connectivity index (χ3v) is 2.25. The lowest BCUT2D eigenvalue weighted by Gasteiger charge is -2.07. The van der Waals surface area contributed by atoms with Gasteiger partial charge in [0.05, 0.1) is 11.3 Å². The van der Waals surface area contributed by atoms with Crippen LogP contribution < -0.4 is 16.4 Å². The third kappa shape index (κ3) is 3.41. The lowest BCUT2D eigenvalue weighted by molar-refractivity contribution is -0.120. The van der Waals surface area contributed by atoms with Gasteiger partial charge in [-0.3, -0.25) is 9.59 Å². The van der Waals surface area contributed by atoms with Gasteiger partial charge < -0.3 is 16.4 Å². The average molecular weight is 257 g/mol. The van der Waals surface area contributed by atoms with Crippen molar-refractivity contribution in [3.63, 3.8) is 0 Å². The predicted octanol–water partition coefficient (Wildman–Crippen LogP) is 0.413. The maximum absolute atomic E-state index is 13.3. The molecule has 1 rings (SSSR count). The van der Waals surface area contributed by atoms with Crippen LogP contribution in [-0.2, 0) is 4.79 Å². The molecule has 0 fully saturated rings. The van der Waals surface area contributed by atoms with E-state index in [0.29, 0.717) is 6.07 Å². The summed E-state index contributed by atoms with van der Waals surface area (Å²) in [5.41, 5.74) is 4.57. The first-order valence-electron chi connectivity index (χ1n) is 5.19. The zero-order valence-electron chi connectivity index (χ0n) is 9.72. The van der Waals surface area contributed by atoms with Gasteiger partial charge in [-0.25, -0.2) is 8.78 Å². The van der Waals surface area contributed by atoms with Crippen LogP contribution in [0.1, 0.15) is 16.8 Å². The van der Waals surface area contributed by atoms with Gasteiger partial charge in [0.25, 0.3) is 5.91 Å². The van der Waals surface area contributed by atoms with Crippen molar-refractivity contribution in [1.82, 2.24) is 10.6 Å². The molecule has 0 aliphatic heterocycles. The van der Waals surface area contributed by atoms with E-state index in [0.717, 1.165) is 6.07 Å². The fraction of sp³-hybridized carbons (Fsp3) is 0.273. The number of carbonyl (C=O) groups excluding carboxylic acids is 2. The molecule has 98 valence electrons. The van der Waals surface area contributed by atoms with Gasteiger partial charge in [-0.05, 0) is 6.07 Å². The van der Waals surface area contributed by atoms with Gasteiger partial charge in [-0.1, -0.05) is 0 Å². The van der Waals surface area contributed by atoms with E-state index in [1.54, 1.807) is 0 Å². The molecule has 0 unspecified atom stereocenters. The Morgan fingerprint density at radius 1 is 1.28 bits per heavy atom. The van der Waals surface area contributed by atoms with Crippen molar-refractivity contribution in [1.29, 1.82) is 0 Å². The minimum atomic E-state index is -1.00. The highest BCUT2D eigenvalue weighted by Crippen LogP contribution is 2.16. The maximum Gasteiger partial charge on any atom is 0.254 e. The Hall–Kier alpha value is -2.18. The van der Waals surface area contributed by atoms with Gasteiger partial charge in [0.2, 0.25) is 5.91 Å². The second-order valence-electron chi connectivity index (χ2n) is 3.53. The molecule has 0 radical (unpaired) electrons. The summed E-state index contributed by atoms with van der Waals surface area (Å²) >= 11 is 0. The Kier molecular flexibility index (Phi) is 4.59. The van der Waals surface area contributed by atoms with Crippen LogP contribution in [0.25, 0.3) is 0 Å². The lowest BCUT2D eigenvalue weighted by Crippen LogP contribution is -2.29. The topological polar surface area (TPSA) is 84.2 Å².